The van der Waals surface area contributed by atoms with Crippen molar-refractivity contribution in [1.82, 2.24) is 0 Å². The van der Waals surface area contributed by atoms with Crippen LogP contribution in [-0.4, -0.2) is 82.5 Å². The summed E-state index contributed by atoms with van der Waals surface area (Å²) in [6.07, 6.45) is 0. The molecule has 0 fully saturated rings. The number of esters is 1. The second-order valence-electron chi connectivity index (χ2n) is 9.03. The second-order valence-corrected chi connectivity index (χ2v) is 9.03. The Morgan fingerprint density at radius 1 is 0.692 bits per heavy atom. The molecular weight excluding hydrogens is 523 g/mol. The number of carboxylic acid groups (broad SMARTS) is 1. The Morgan fingerprint density at radius 2 is 1.08 bits per heavy atom. The molecule has 0 unspecified atom stereocenters. The fraction of sp³-hybridized carbons (Fsp3) is 0.481. The fourth-order valence-electron chi connectivity index (χ4n) is 2.57. The van der Waals surface area contributed by atoms with Crippen molar-refractivity contribution in [2.75, 3.05) is 48.8 Å². The van der Waals surface area contributed by atoms with E-state index in [1.165, 1.54) is 33.5 Å². The van der Waals surface area contributed by atoms with Gasteiger partial charge in [0.05, 0.1) is 43.7 Å². The van der Waals surface area contributed by atoms with Crippen molar-refractivity contribution in [1.29, 1.82) is 0 Å². The first-order valence-electron chi connectivity index (χ1n) is 11.4. The number of hydrogen-bond acceptors (Lipinski definition) is 10. The number of hydrogen-bond donors (Lipinski definition) is 1. The van der Waals surface area contributed by atoms with Crippen molar-refractivity contribution in [2.24, 2.45) is 0 Å². The zero-order chi connectivity index (χ0) is 28.2. The molecule has 2 rings (SSSR count). The van der Waals surface area contributed by atoms with Crippen LogP contribution in [0.15, 0.2) is 36.4 Å². The number of carbonyl (C=O) groups is 2. The van der Waals surface area contributed by atoms with Crippen LogP contribution in [0, 0.1) is 0 Å². The number of methoxy groups -OCH3 is 5. The largest absolute Gasteiger partial charge is 1.00 e. The molecule has 0 saturated heterocycles. The van der Waals surface area contributed by atoms with Gasteiger partial charge in [-0.1, -0.05) is 0 Å². The summed E-state index contributed by atoms with van der Waals surface area (Å²) in [7, 11) is 7.55. The summed E-state index contributed by atoms with van der Waals surface area (Å²) in [6.45, 7) is 8.34. The van der Waals surface area contributed by atoms with E-state index in [0.29, 0.717) is 41.8 Å². The monoisotopic (exact) mass is 562 g/mol. The predicted octanol–water partition coefficient (Wildman–Crippen LogP) is 1.31. The normalized spacial score (nSPS) is 10.5. The molecule has 12 heteroatoms. The molecule has 0 aliphatic rings. The molecule has 0 heterocycles. The van der Waals surface area contributed by atoms with Gasteiger partial charge in [0.2, 0.25) is 0 Å². The molecule has 2 N–H and O–H groups in total. The molecule has 0 radical (unpaired) electrons. The Morgan fingerprint density at radius 3 is 1.41 bits per heavy atom. The Bertz CT molecular complexity index is 1040. The third-order valence-electron chi connectivity index (χ3n) is 5.25. The Hall–Kier alpha value is -2.54. The van der Waals surface area contributed by atoms with Gasteiger partial charge in [0, 0.05) is 14.2 Å². The molecule has 0 aromatic heterocycles. The minimum Gasteiger partial charge on any atom is -0.870 e. The van der Waals surface area contributed by atoms with Crippen LogP contribution in [0.25, 0.3) is 0 Å². The van der Waals surface area contributed by atoms with Gasteiger partial charge in [-0.3, -0.25) is 0 Å². The van der Waals surface area contributed by atoms with Gasteiger partial charge in [-0.2, -0.15) is 0 Å². The molecule has 11 nitrogen and oxygen atoms in total. The van der Waals surface area contributed by atoms with Gasteiger partial charge in [-0.05, 0) is 64.1 Å². The summed E-state index contributed by atoms with van der Waals surface area (Å²) in [6, 6.07) is 9.37. The van der Waals surface area contributed by atoms with Gasteiger partial charge in [-0.15, -0.1) is 0 Å². The minimum absolute atomic E-state index is 0. The SMILES string of the molecule is COC(=O)c1ccc(OCC(C)(C)OC)c(OC)c1.COc1cc(C(=O)O)ccc1OCC(C)(C)OC.[Na+].[OH-]. The third kappa shape index (κ3) is 12.9. The van der Waals surface area contributed by atoms with E-state index in [4.69, 9.17) is 33.5 Å². The van der Waals surface area contributed by atoms with E-state index in [2.05, 4.69) is 4.74 Å². The molecule has 0 aliphatic heterocycles. The summed E-state index contributed by atoms with van der Waals surface area (Å²) >= 11 is 0. The van der Waals surface area contributed by atoms with Gasteiger partial charge in [0.1, 0.15) is 13.2 Å². The maximum atomic E-state index is 11.4. The standard InChI is InChI=1S/C14H20O5.C13H18O5.Na.H2O/c1-14(2,18-5)9-19-11-7-6-10(13(15)17-4)8-12(11)16-3;1-13(2,17-4)8-18-10-6-5-9(12(14)15)7-11(10)16-3;;/h6-8H,9H2,1-5H3;5-7H,8H2,1-4H3,(H,14,15);;1H2/q;;+1;/p-1. The van der Waals surface area contributed by atoms with E-state index >= 15 is 0 Å². The van der Waals surface area contributed by atoms with Crippen LogP contribution in [-0.2, 0) is 14.2 Å². The van der Waals surface area contributed by atoms with Crippen molar-refractivity contribution in [3.05, 3.63) is 47.5 Å². The molecule has 39 heavy (non-hydrogen) atoms. The maximum absolute atomic E-state index is 11.4. The van der Waals surface area contributed by atoms with Crippen molar-refractivity contribution >= 4 is 11.9 Å². The molecule has 0 aliphatic carbocycles. The fourth-order valence-corrected chi connectivity index (χ4v) is 2.57. The molecule has 0 spiro atoms. The van der Waals surface area contributed by atoms with Gasteiger partial charge < -0.3 is 43.7 Å². The van der Waals surface area contributed by atoms with E-state index in [0.717, 1.165) is 0 Å². The zero-order valence-corrected chi connectivity index (χ0v) is 26.4. The maximum Gasteiger partial charge on any atom is 1.00 e. The van der Waals surface area contributed by atoms with Crippen molar-refractivity contribution in [2.45, 2.75) is 38.9 Å². The smallest absolute Gasteiger partial charge is 0.870 e. The van der Waals surface area contributed by atoms with Gasteiger partial charge in [0.25, 0.3) is 0 Å². The summed E-state index contributed by atoms with van der Waals surface area (Å²) < 4.78 is 36.7. The molecular formula is C27H39NaO11. The van der Waals surface area contributed by atoms with Crippen LogP contribution in [0.3, 0.4) is 0 Å². The summed E-state index contributed by atoms with van der Waals surface area (Å²) in [4.78, 5) is 22.2. The second kappa shape index (κ2) is 17.9. The molecule has 0 saturated carbocycles. The van der Waals surface area contributed by atoms with E-state index in [-0.39, 0.29) is 40.6 Å². The van der Waals surface area contributed by atoms with Crippen molar-refractivity contribution in [3.8, 4) is 23.0 Å². The number of carboxylic acids is 1. The zero-order valence-electron chi connectivity index (χ0n) is 24.4. The first kappa shape index (κ1) is 38.6. The average molecular weight is 563 g/mol. The van der Waals surface area contributed by atoms with E-state index < -0.39 is 23.1 Å². The molecule has 2 aromatic carbocycles. The average Bonchev–Trinajstić information content (AvgIpc) is 2.90. The van der Waals surface area contributed by atoms with E-state index in [1.807, 2.05) is 27.7 Å². The first-order chi connectivity index (χ1) is 17.3. The summed E-state index contributed by atoms with van der Waals surface area (Å²) in [5, 5.41) is 8.88. The third-order valence-corrected chi connectivity index (χ3v) is 5.25. The summed E-state index contributed by atoms with van der Waals surface area (Å²) in [5.74, 6) is 0.503. The number of aromatic carboxylic acids is 1. The molecule has 0 amide bonds. The number of rotatable bonds is 12. The number of benzene rings is 2. The molecule has 0 bridgehead atoms. The van der Waals surface area contributed by atoms with Crippen molar-refractivity contribution < 1.29 is 82.9 Å². The Kier molecular flexibility index (Phi) is 17.8. The molecule has 214 valence electrons. The van der Waals surface area contributed by atoms with Gasteiger partial charge in [0.15, 0.2) is 23.0 Å². The number of carbonyl (C=O) groups excluding carboxylic acids is 1. The van der Waals surface area contributed by atoms with Gasteiger partial charge in [-0.25, -0.2) is 9.59 Å². The number of ether oxygens (including phenoxy) is 7. The Labute approximate surface area is 252 Å². The van der Waals surface area contributed by atoms with E-state index in [1.54, 1.807) is 38.5 Å². The minimum atomic E-state index is -1.00. The van der Waals surface area contributed by atoms with Crippen LogP contribution < -0.4 is 48.5 Å². The predicted molar refractivity (Wildman–Crippen MR) is 139 cm³/mol. The molecule has 0 atom stereocenters. The van der Waals surface area contributed by atoms with Crippen LogP contribution in [0.2, 0.25) is 0 Å². The van der Waals surface area contributed by atoms with Gasteiger partial charge >= 0.3 is 41.5 Å². The Balaban J connectivity index is 0. The van der Waals surface area contributed by atoms with Crippen LogP contribution in [0.1, 0.15) is 48.4 Å². The van der Waals surface area contributed by atoms with Crippen LogP contribution >= 0.6 is 0 Å². The van der Waals surface area contributed by atoms with Crippen LogP contribution in [0.5, 0.6) is 23.0 Å². The quantitative estimate of drug-likeness (QED) is 0.295. The van der Waals surface area contributed by atoms with Crippen molar-refractivity contribution in [3.63, 3.8) is 0 Å². The van der Waals surface area contributed by atoms with Crippen LogP contribution in [0.4, 0.5) is 0 Å². The topological polar surface area (TPSA) is 149 Å². The van der Waals surface area contributed by atoms with E-state index in [9.17, 15) is 9.59 Å². The first-order valence-corrected chi connectivity index (χ1v) is 11.4. The molecule has 2 aromatic rings. The summed E-state index contributed by atoms with van der Waals surface area (Å²) in [5.41, 5.74) is -0.245.